The van der Waals surface area contributed by atoms with Crippen LogP contribution in [0.4, 0.5) is 13.8 Å². The highest BCUT2D eigenvalue weighted by Gasteiger charge is 2.29. The Hall–Kier alpha value is -3.19. The molecule has 1 atom stereocenters. The molecule has 1 heterocycles. The molecule has 0 radical (unpaired) electrons. The summed E-state index contributed by atoms with van der Waals surface area (Å²) in [7, 11) is -2.93. The number of aliphatic hydroxyl groups is 1. The van der Waals surface area contributed by atoms with E-state index in [4.69, 9.17) is 5.21 Å². The van der Waals surface area contributed by atoms with Crippen molar-refractivity contribution in [2.45, 2.75) is 17.4 Å². The third-order valence-electron chi connectivity index (χ3n) is 4.83. The summed E-state index contributed by atoms with van der Waals surface area (Å²) in [4.78, 5) is 12.9. The summed E-state index contributed by atoms with van der Waals surface area (Å²) >= 11 is 0.968. The Kier molecular flexibility index (Phi) is 8.10. The van der Waals surface area contributed by atoms with Crippen LogP contribution in [-0.2, 0) is 16.4 Å². The molecule has 0 spiro atoms. The summed E-state index contributed by atoms with van der Waals surface area (Å²) in [6.45, 7) is -0.331. The first-order valence-electron chi connectivity index (χ1n) is 9.87. The van der Waals surface area contributed by atoms with Gasteiger partial charge in [0, 0.05) is 36.7 Å². The molecule has 2 aromatic carbocycles. The van der Waals surface area contributed by atoms with Crippen molar-refractivity contribution in [3.63, 3.8) is 0 Å². The zero-order valence-corrected chi connectivity index (χ0v) is 19.5. The van der Waals surface area contributed by atoms with E-state index < -0.39 is 33.7 Å². The van der Waals surface area contributed by atoms with Crippen molar-refractivity contribution in [1.82, 2.24) is 4.31 Å². The molecule has 0 bridgehead atoms. The van der Waals surface area contributed by atoms with E-state index in [0.717, 1.165) is 46.1 Å². The molecule has 0 aliphatic rings. The van der Waals surface area contributed by atoms with E-state index in [2.05, 4.69) is 10.5 Å². The minimum absolute atomic E-state index is 0.0128. The van der Waals surface area contributed by atoms with E-state index in [1.165, 1.54) is 37.4 Å². The normalized spacial score (nSPS) is 12.9. The fraction of sp³-hybridized carbons (Fsp3) is 0.182. The lowest BCUT2D eigenvalue weighted by atomic mass is 10.1. The van der Waals surface area contributed by atoms with E-state index in [1.54, 1.807) is 0 Å². The van der Waals surface area contributed by atoms with Crippen LogP contribution in [0.15, 0.2) is 64.6 Å². The molecule has 0 saturated heterocycles. The second kappa shape index (κ2) is 10.8. The monoisotopic (exact) mass is 509 g/mol. The minimum atomic E-state index is -4.19. The molecule has 34 heavy (non-hydrogen) atoms. The molecule has 0 saturated carbocycles. The van der Waals surface area contributed by atoms with E-state index in [-0.39, 0.29) is 28.4 Å². The van der Waals surface area contributed by atoms with Gasteiger partial charge in [0.25, 0.3) is 5.91 Å². The molecule has 0 fully saturated rings. The molecule has 3 aromatic rings. The number of halogens is 2. The van der Waals surface area contributed by atoms with Crippen molar-refractivity contribution in [2.75, 3.05) is 18.9 Å². The average Bonchev–Trinajstić information content (AvgIpc) is 3.21. The summed E-state index contributed by atoms with van der Waals surface area (Å²) in [5, 5.41) is 24.6. The van der Waals surface area contributed by atoms with Crippen LogP contribution >= 0.6 is 11.3 Å². The third kappa shape index (κ3) is 6.03. The predicted octanol–water partition coefficient (Wildman–Crippen LogP) is 3.64. The largest absolute Gasteiger partial charge is 0.411 e. The van der Waals surface area contributed by atoms with Gasteiger partial charge >= 0.3 is 0 Å². The van der Waals surface area contributed by atoms with E-state index >= 15 is 0 Å². The van der Waals surface area contributed by atoms with Gasteiger partial charge in [-0.3, -0.25) is 4.79 Å². The fourth-order valence-corrected chi connectivity index (χ4v) is 5.67. The van der Waals surface area contributed by atoms with Gasteiger partial charge in [-0.05, 0) is 48.0 Å². The molecular formula is C22H21F2N3O5S2. The molecule has 1 amide bonds. The van der Waals surface area contributed by atoms with Crippen LogP contribution in [0.5, 0.6) is 0 Å². The zero-order chi connectivity index (χ0) is 24.9. The summed E-state index contributed by atoms with van der Waals surface area (Å²) in [6, 6.07) is 11.1. The van der Waals surface area contributed by atoms with Crippen LogP contribution in [0.3, 0.4) is 0 Å². The lowest BCUT2D eigenvalue weighted by Crippen LogP contribution is -2.31. The first-order valence-corrected chi connectivity index (χ1v) is 12.1. The van der Waals surface area contributed by atoms with Crippen LogP contribution < -0.4 is 5.32 Å². The Labute approximate surface area is 198 Å². The minimum Gasteiger partial charge on any atom is -0.411 e. The number of thiophene rings is 1. The van der Waals surface area contributed by atoms with Crippen LogP contribution in [0.1, 0.15) is 26.9 Å². The Morgan fingerprint density at radius 3 is 2.32 bits per heavy atom. The second-order valence-corrected chi connectivity index (χ2v) is 10.4. The number of hydrogen-bond donors (Lipinski definition) is 3. The highest BCUT2D eigenvalue weighted by atomic mass is 32.2. The van der Waals surface area contributed by atoms with Gasteiger partial charge in [-0.15, -0.1) is 16.5 Å². The number of benzene rings is 2. The van der Waals surface area contributed by atoms with E-state index in [1.807, 2.05) is 0 Å². The number of carbonyl (C=O) groups excluding carboxylic acids is 1. The summed E-state index contributed by atoms with van der Waals surface area (Å²) in [5.41, 5.74) is 0.454. The maximum atomic E-state index is 13.3. The Balaban J connectivity index is 1.88. The van der Waals surface area contributed by atoms with Crippen molar-refractivity contribution in [3.8, 4) is 0 Å². The number of oxime groups is 1. The molecule has 12 heteroatoms. The topological polar surface area (TPSA) is 119 Å². The smallest absolute Gasteiger partial charge is 0.256 e. The molecule has 1 unspecified atom stereocenters. The van der Waals surface area contributed by atoms with Crippen LogP contribution in [0.2, 0.25) is 0 Å². The number of aliphatic hydroxyl groups excluding tert-OH is 1. The van der Waals surface area contributed by atoms with Crippen LogP contribution in [-0.4, -0.2) is 48.8 Å². The number of carbonyl (C=O) groups is 1. The number of amides is 1. The maximum Gasteiger partial charge on any atom is 0.256 e. The molecule has 180 valence electrons. The van der Waals surface area contributed by atoms with Crippen molar-refractivity contribution < 1.29 is 32.3 Å². The molecule has 0 aliphatic heterocycles. The van der Waals surface area contributed by atoms with E-state index in [0.29, 0.717) is 10.4 Å². The Morgan fingerprint density at radius 2 is 1.74 bits per heavy atom. The lowest BCUT2D eigenvalue weighted by Gasteiger charge is -2.21. The van der Waals surface area contributed by atoms with Gasteiger partial charge in [-0.1, -0.05) is 12.1 Å². The first-order chi connectivity index (χ1) is 16.1. The fourth-order valence-electron chi connectivity index (χ4n) is 3.01. The Bertz CT molecular complexity index is 1280. The highest BCUT2D eigenvalue weighted by Crippen LogP contribution is 2.34. The SMILES string of the molecule is CN(CC(O)c1ccc(F)cc1)S(=O)(=O)c1cc(CC=NO)sc1NC(=O)c1ccc(F)cc1. The molecule has 3 N–H and O–H groups in total. The molecular weight excluding hydrogens is 488 g/mol. The van der Waals surface area contributed by atoms with Gasteiger partial charge in [0.1, 0.15) is 21.5 Å². The number of sulfonamides is 1. The molecule has 0 aliphatic carbocycles. The van der Waals surface area contributed by atoms with Gasteiger partial charge in [0.15, 0.2) is 0 Å². The Morgan fingerprint density at radius 1 is 1.15 bits per heavy atom. The first kappa shape index (κ1) is 25.4. The number of nitrogens with one attached hydrogen (secondary N) is 1. The second-order valence-electron chi connectivity index (χ2n) is 7.22. The number of likely N-dealkylation sites (N-methyl/N-ethyl adjacent to an activating group) is 1. The van der Waals surface area contributed by atoms with Crippen molar-refractivity contribution >= 4 is 38.5 Å². The van der Waals surface area contributed by atoms with Crippen molar-refractivity contribution in [1.29, 1.82) is 0 Å². The van der Waals surface area contributed by atoms with Crippen LogP contribution in [0.25, 0.3) is 0 Å². The van der Waals surface area contributed by atoms with Gasteiger partial charge < -0.3 is 15.6 Å². The van der Waals surface area contributed by atoms with Gasteiger partial charge in [0.2, 0.25) is 10.0 Å². The van der Waals surface area contributed by atoms with Gasteiger partial charge in [-0.2, -0.15) is 4.31 Å². The standard InChI is InChI=1S/C22H21F2N3O5S2/c1-27(13-19(28)14-2-6-16(23)7-3-14)34(31,32)20-12-18(10-11-25-30)33-22(20)26-21(29)15-4-8-17(24)9-5-15/h2-9,11-12,19,28,30H,10,13H2,1H3,(H,26,29). The van der Waals surface area contributed by atoms with Gasteiger partial charge in [-0.25, -0.2) is 17.2 Å². The average molecular weight is 510 g/mol. The van der Waals surface area contributed by atoms with E-state index in [9.17, 15) is 27.1 Å². The third-order valence-corrected chi connectivity index (χ3v) is 7.88. The molecule has 3 rings (SSSR count). The number of nitrogens with zero attached hydrogens (tertiary/aromatic N) is 2. The predicted molar refractivity (Wildman–Crippen MR) is 124 cm³/mol. The summed E-state index contributed by atoms with van der Waals surface area (Å²) < 4.78 is 53.8. The van der Waals surface area contributed by atoms with Crippen molar-refractivity contribution in [2.24, 2.45) is 5.16 Å². The summed E-state index contributed by atoms with van der Waals surface area (Å²) in [6.07, 6.45) is 0.0469. The number of rotatable bonds is 9. The highest BCUT2D eigenvalue weighted by molar-refractivity contribution is 7.89. The zero-order valence-electron chi connectivity index (χ0n) is 17.9. The quantitative estimate of drug-likeness (QED) is 0.231. The summed E-state index contributed by atoms with van der Waals surface area (Å²) in [5.74, 6) is -1.66. The number of anilines is 1. The lowest BCUT2D eigenvalue weighted by molar-refractivity contribution is 0.102. The number of hydrogen-bond acceptors (Lipinski definition) is 7. The molecule has 1 aromatic heterocycles. The van der Waals surface area contributed by atoms with Crippen molar-refractivity contribution in [3.05, 3.63) is 82.2 Å². The van der Waals surface area contributed by atoms with Crippen LogP contribution in [0, 0.1) is 11.6 Å². The maximum absolute atomic E-state index is 13.3. The molecule has 8 nitrogen and oxygen atoms in total. The van der Waals surface area contributed by atoms with Gasteiger partial charge in [0.05, 0.1) is 6.10 Å².